The van der Waals surface area contributed by atoms with Gasteiger partial charge in [-0.15, -0.1) is 0 Å². The normalized spacial score (nSPS) is 18.0. The van der Waals surface area contributed by atoms with Crippen LogP contribution in [0.2, 0.25) is 0 Å². The molecule has 0 rings (SSSR count). The van der Waals surface area contributed by atoms with Crippen LogP contribution in [0.5, 0.6) is 0 Å². The molecule has 2 nitrogen and oxygen atoms in total. The van der Waals surface area contributed by atoms with Crippen molar-refractivity contribution < 1.29 is 4.18 Å². The van der Waals surface area contributed by atoms with Crippen molar-refractivity contribution in [1.29, 1.82) is 0 Å². The summed E-state index contributed by atoms with van der Waals surface area (Å²) in [4.78, 5) is 0. The maximum atomic E-state index is 5.45. The van der Waals surface area contributed by atoms with E-state index in [0.29, 0.717) is 0 Å². The van der Waals surface area contributed by atoms with E-state index in [2.05, 4.69) is 17.1 Å². The van der Waals surface area contributed by atoms with Crippen LogP contribution in [-0.4, -0.2) is 12.1 Å². The van der Waals surface area contributed by atoms with E-state index in [1.807, 2.05) is 13.8 Å². The Morgan fingerprint density at radius 2 is 2.12 bits per heavy atom. The predicted octanol–water partition coefficient (Wildman–Crippen LogP) is 0.974. The molecule has 0 aromatic rings. The Morgan fingerprint density at radius 3 is 2.25 bits per heavy atom. The highest BCUT2D eigenvalue weighted by Crippen LogP contribution is 2.00. The van der Waals surface area contributed by atoms with E-state index in [-0.39, 0.29) is 12.1 Å². The molecule has 2 unspecified atom stereocenters. The lowest BCUT2D eigenvalue weighted by molar-refractivity contribution is 0.247. The molecule has 2 atom stereocenters. The second-order valence-corrected chi connectivity index (χ2v) is 2.34. The molecule has 3 heteroatoms. The van der Waals surface area contributed by atoms with Gasteiger partial charge in [0.1, 0.15) is 0 Å². The zero-order valence-corrected chi connectivity index (χ0v) is 6.19. The molecular weight excluding hydrogens is 122 g/mol. The van der Waals surface area contributed by atoms with Crippen molar-refractivity contribution in [2.75, 3.05) is 0 Å². The predicted molar refractivity (Wildman–Crippen MR) is 37.8 cm³/mol. The van der Waals surface area contributed by atoms with Gasteiger partial charge in [0.2, 0.25) is 0 Å². The number of hydrogen-bond donors (Lipinski definition) is 2. The van der Waals surface area contributed by atoms with Crippen molar-refractivity contribution in [3.63, 3.8) is 0 Å². The summed E-state index contributed by atoms with van der Waals surface area (Å²) in [6.07, 6.45) is 1.03. The lowest BCUT2D eigenvalue weighted by Gasteiger charge is -2.09. The Kier molecular flexibility index (Phi) is 4.32. The molecule has 0 aliphatic rings. The van der Waals surface area contributed by atoms with Gasteiger partial charge in [-0.05, 0) is 33.2 Å². The van der Waals surface area contributed by atoms with E-state index in [0.717, 1.165) is 6.42 Å². The second kappa shape index (κ2) is 4.18. The zero-order valence-electron chi connectivity index (χ0n) is 5.29. The molecule has 0 aromatic carbocycles. The minimum Gasteiger partial charge on any atom is -0.328 e. The van der Waals surface area contributed by atoms with E-state index >= 15 is 0 Å². The summed E-state index contributed by atoms with van der Waals surface area (Å²) >= 11 is 3.63. The summed E-state index contributed by atoms with van der Waals surface area (Å²) < 4.78 is 4.68. The van der Waals surface area contributed by atoms with Crippen molar-refractivity contribution >= 4 is 12.9 Å². The molecule has 0 spiro atoms. The SMILES string of the molecule is CC(N)CC(C)OS. The van der Waals surface area contributed by atoms with E-state index in [1.54, 1.807) is 0 Å². The Balaban J connectivity index is 3.10. The van der Waals surface area contributed by atoms with Crippen LogP contribution in [0.4, 0.5) is 0 Å². The Hall–Kier alpha value is 0.270. The van der Waals surface area contributed by atoms with Crippen LogP contribution in [-0.2, 0) is 4.18 Å². The number of hydrogen-bond acceptors (Lipinski definition) is 3. The van der Waals surface area contributed by atoms with Crippen LogP contribution in [0.1, 0.15) is 20.3 Å². The fourth-order valence-corrected chi connectivity index (χ4v) is 0.653. The Bertz CT molecular complexity index is 58.4. The number of nitrogens with two attached hydrogens (primary N) is 1. The van der Waals surface area contributed by atoms with Gasteiger partial charge in [-0.3, -0.25) is 0 Å². The molecule has 0 saturated carbocycles. The molecule has 8 heavy (non-hydrogen) atoms. The molecule has 0 aromatic heterocycles. The van der Waals surface area contributed by atoms with Gasteiger partial charge in [0, 0.05) is 6.04 Å². The first-order valence-electron chi connectivity index (χ1n) is 2.72. The summed E-state index contributed by atoms with van der Waals surface area (Å²) in [7, 11) is 0. The summed E-state index contributed by atoms with van der Waals surface area (Å²) in [6.45, 7) is 3.89. The quantitative estimate of drug-likeness (QED) is 0.447. The number of rotatable bonds is 3. The summed E-state index contributed by atoms with van der Waals surface area (Å²) in [5.41, 5.74) is 5.45. The van der Waals surface area contributed by atoms with Crippen molar-refractivity contribution in [2.24, 2.45) is 5.73 Å². The highest BCUT2D eigenvalue weighted by Gasteiger charge is 2.01. The average Bonchev–Trinajstić information content (AvgIpc) is 1.65. The lowest BCUT2D eigenvalue weighted by atomic mass is 10.2. The summed E-state index contributed by atoms with van der Waals surface area (Å²) in [5.74, 6) is 0. The van der Waals surface area contributed by atoms with Gasteiger partial charge in [-0.1, -0.05) is 0 Å². The molecule has 2 N–H and O–H groups in total. The standard InChI is InChI=1S/C5H13NOS/c1-4(6)3-5(2)7-8/h4-5,8H,3,6H2,1-2H3. The van der Waals surface area contributed by atoms with Crippen molar-refractivity contribution in [1.82, 2.24) is 0 Å². The minimum atomic E-state index is 0.165. The average molecular weight is 135 g/mol. The molecule has 0 radical (unpaired) electrons. The molecule has 0 aliphatic heterocycles. The molecule has 0 heterocycles. The topological polar surface area (TPSA) is 35.2 Å². The minimum absolute atomic E-state index is 0.165. The first-order chi connectivity index (χ1) is 3.66. The van der Waals surface area contributed by atoms with Crippen LogP contribution in [0, 0.1) is 0 Å². The lowest BCUT2D eigenvalue weighted by Crippen LogP contribution is -2.20. The fraction of sp³-hybridized carbons (Fsp3) is 1.00. The van der Waals surface area contributed by atoms with E-state index in [9.17, 15) is 0 Å². The van der Waals surface area contributed by atoms with Gasteiger partial charge < -0.3 is 9.92 Å². The van der Waals surface area contributed by atoms with E-state index in [1.165, 1.54) is 0 Å². The highest BCUT2D eigenvalue weighted by molar-refractivity contribution is 7.75. The van der Waals surface area contributed by atoms with Gasteiger partial charge in [0.05, 0.1) is 6.10 Å². The van der Waals surface area contributed by atoms with Crippen LogP contribution in [0.25, 0.3) is 0 Å². The molecule has 0 aliphatic carbocycles. The zero-order chi connectivity index (χ0) is 6.57. The summed E-state index contributed by atoms with van der Waals surface area (Å²) in [5, 5.41) is 0. The monoisotopic (exact) mass is 135 g/mol. The van der Waals surface area contributed by atoms with Crippen LogP contribution >= 0.6 is 12.9 Å². The third kappa shape index (κ3) is 4.43. The Morgan fingerprint density at radius 1 is 1.62 bits per heavy atom. The highest BCUT2D eigenvalue weighted by atomic mass is 32.1. The fourth-order valence-electron chi connectivity index (χ4n) is 0.567. The number of thiol groups is 1. The third-order valence-corrected chi connectivity index (χ3v) is 1.24. The maximum absolute atomic E-state index is 5.45. The van der Waals surface area contributed by atoms with Gasteiger partial charge in [-0.2, -0.15) is 0 Å². The second-order valence-electron chi connectivity index (χ2n) is 2.13. The molecule has 0 saturated heterocycles. The third-order valence-electron chi connectivity index (χ3n) is 0.884. The largest absolute Gasteiger partial charge is 0.328 e. The van der Waals surface area contributed by atoms with Gasteiger partial charge >= 0.3 is 0 Å². The van der Waals surface area contributed by atoms with Crippen molar-refractivity contribution in [3.8, 4) is 0 Å². The smallest absolute Gasteiger partial charge is 0.0705 e. The summed E-state index contributed by atoms with van der Waals surface area (Å²) in [6, 6.07) is 0.206. The first-order valence-corrected chi connectivity index (χ1v) is 3.09. The van der Waals surface area contributed by atoms with Crippen molar-refractivity contribution in [3.05, 3.63) is 0 Å². The van der Waals surface area contributed by atoms with Crippen LogP contribution < -0.4 is 5.73 Å². The molecular formula is C5H13NOS. The van der Waals surface area contributed by atoms with Crippen LogP contribution in [0.15, 0.2) is 0 Å². The van der Waals surface area contributed by atoms with Crippen LogP contribution in [0.3, 0.4) is 0 Å². The molecule has 0 fully saturated rings. The van der Waals surface area contributed by atoms with E-state index < -0.39 is 0 Å². The van der Waals surface area contributed by atoms with Gasteiger partial charge in [0.25, 0.3) is 0 Å². The van der Waals surface area contributed by atoms with Crippen molar-refractivity contribution in [2.45, 2.75) is 32.4 Å². The Labute approximate surface area is 56.0 Å². The van der Waals surface area contributed by atoms with Gasteiger partial charge in [0.15, 0.2) is 0 Å². The first kappa shape index (κ1) is 8.27. The van der Waals surface area contributed by atoms with E-state index in [4.69, 9.17) is 5.73 Å². The molecule has 0 bridgehead atoms. The molecule has 0 amide bonds. The maximum Gasteiger partial charge on any atom is 0.0705 e. The molecule has 50 valence electrons. The van der Waals surface area contributed by atoms with Gasteiger partial charge in [-0.25, -0.2) is 0 Å².